The van der Waals surface area contributed by atoms with Crippen LogP contribution >= 0.6 is 0 Å². The molecule has 0 aliphatic rings. The first-order chi connectivity index (χ1) is 34.8. The van der Waals surface area contributed by atoms with Gasteiger partial charge in [0.15, 0.2) is 0 Å². The second-order valence-electron chi connectivity index (χ2n) is 18.0. The molecular weight excluding hydrogens is 845 g/mol. The zero-order valence-electron chi connectivity index (χ0n) is 38.5. The third kappa shape index (κ3) is 7.05. The average molecular weight is 891 g/mol. The van der Waals surface area contributed by atoms with Gasteiger partial charge in [0, 0.05) is 33.3 Å². The third-order valence-electron chi connectivity index (χ3n) is 14.0. The van der Waals surface area contributed by atoms with Crippen LogP contribution in [0.2, 0.25) is 0 Å². The van der Waals surface area contributed by atoms with Gasteiger partial charge in [-0.2, -0.15) is 0 Å². The maximum atomic E-state index is 2.45. The Balaban J connectivity index is 0.984. The summed E-state index contributed by atoms with van der Waals surface area (Å²) < 4.78 is 2.38. The maximum absolute atomic E-state index is 2.45. The van der Waals surface area contributed by atoms with Crippen molar-refractivity contribution in [2.45, 2.75) is 0 Å². The Hall–Kier alpha value is -9.24. The van der Waals surface area contributed by atoms with Crippen molar-refractivity contribution in [1.82, 2.24) is 4.57 Å². The highest BCUT2D eigenvalue weighted by Gasteiger charge is 2.23. The molecule has 0 N–H and O–H groups in total. The van der Waals surface area contributed by atoms with Gasteiger partial charge in [-0.25, -0.2) is 0 Å². The molecule has 0 aliphatic heterocycles. The molecule has 0 saturated heterocycles. The minimum Gasteiger partial charge on any atom is -0.309 e. The Bertz CT molecular complexity index is 4020. The number of fused-ring (bicyclic) bond motifs is 6. The molecule has 13 aromatic rings. The van der Waals surface area contributed by atoms with Crippen LogP contribution in [0.3, 0.4) is 0 Å². The van der Waals surface area contributed by atoms with Gasteiger partial charge >= 0.3 is 0 Å². The lowest BCUT2D eigenvalue weighted by Crippen LogP contribution is -2.12. The lowest BCUT2D eigenvalue weighted by molar-refractivity contribution is 1.18. The molecule has 0 saturated carbocycles. The number of nitrogens with zero attached hydrogens (tertiary/aromatic N) is 2. The van der Waals surface area contributed by atoms with Crippen LogP contribution in [0, 0.1) is 0 Å². The van der Waals surface area contributed by atoms with E-state index < -0.39 is 0 Å². The van der Waals surface area contributed by atoms with Gasteiger partial charge in [0.1, 0.15) is 0 Å². The molecule has 0 spiro atoms. The second kappa shape index (κ2) is 17.4. The Morgan fingerprint density at radius 1 is 0.243 bits per heavy atom. The summed E-state index contributed by atoms with van der Waals surface area (Å²) in [6.07, 6.45) is 0. The lowest BCUT2D eigenvalue weighted by atomic mass is 9.84. The normalized spacial score (nSPS) is 11.4. The molecule has 0 amide bonds. The molecule has 1 aromatic heterocycles. The average Bonchev–Trinajstić information content (AvgIpc) is 3.78. The minimum atomic E-state index is 1.07. The molecule has 0 aliphatic carbocycles. The van der Waals surface area contributed by atoms with Crippen molar-refractivity contribution in [1.29, 1.82) is 0 Å². The van der Waals surface area contributed by atoms with E-state index in [0.717, 1.165) is 45.0 Å². The number of hydrogen-bond donors (Lipinski definition) is 0. The molecule has 0 radical (unpaired) electrons. The third-order valence-corrected chi connectivity index (χ3v) is 14.0. The minimum absolute atomic E-state index is 1.07. The first-order valence-corrected chi connectivity index (χ1v) is 24.1. The molecule has 328 valence electrons. The summed E-state index contributed by atoms with van der Waals surface area (Å²) in [6, 6.07) is 102. The van der Waals surface area contributed by atoms with E-state index >= 15 is 0 Å². The topological polar surface area (TPSA) is 8.17 Å². The summed E-state index contributed by atoms with van der Waals surface area (Å²) in [6.45, 7) is 0. The number of aromatic nitrogens is 1. The van der Waals surface area contributed by atoms with Gasteiger partial charge in [-0.3, -0.25) is 0 Å². The van der Waals surface area contributed by atoms with Crippen molar-refractivity contribution in [3.05, 3.63) is 279 Å². The zero-order valence-corrected chi connectivity index (χ0v) is 38.5. The molecule has 2 heteroatoms. The molecule has 13 rings (SSSR count). The van der Waals surface area contributed by atoms with E-state index in [4.69, 9.17) is 0 Å². The van der Waals surface area contributed by atoms with Crippen LogP contribution in [0.15, 0.2) is 279 Å². The molecule has 1 heterocycles. The highest BCUT2D eigenvalue weighted by molar-refractivity contribution is 6.22. The quantitative estimate of drug-likeness (QED) is 0.131. The Morgan fingerprint density at radius 3 is 1.34 bits per heavy atom. The molecule has 0 unspecified atom stereocenters. The van der Waals surface area contributed by atoms with Crippen molar-refractivity contribution in [3.63, 3.8) is 0 Å². The Kier molecular flexibility index (Phi) is 10.2. The number of hydrogen-bond acceptors (Lipinski definition) is 1. The zero-order chi connectivity index (χ0) is 46.4. The number of rotatable bonds is 9. The standard InChI is InChI=1S/C68H46N2/c1-5-21-48(22-6-1)55-29-15-18-34-63(55)70(64-35-19-16-30-56(64)52-40-44-66-61(46-52)59-32-17-20-36-65(59)69(66)53-27-11-4-12-28-53)54-41-37-47(38-42-54)51-39-43-58-57-31-13-14-33-60(57)67(49-23-7-2-8-24-49)68(62(58)45-51)50-25-9-3-10-26-50/h1-46H. The Labute approximate surface area is 408 Å². The van der Waals surface area contributed by atoms with Crippen molar-refractivity contribution in [2.24, 2.45) is 0 Å². The number of para-hydroxylation sites is 4. The predicted molar refractivity (Wildman–Crippen MR) is 298 cm³/mol. The van der Waals surface area contributed by atoms with E-state index in [9.17, 15) is 0 Å². The van der Waals surface area contributed by atoms with Crippen LogP contribution in [0.5, 0.6) is 0 Å². The summed E-state index contributed by atoms with van der Waals surface area (Å²) in [7, 11) is 0. The predicted octanol–water partition coefficient (Wildman–Crippen LogP) is 18.9. The van der Waals surface area contributed by atoms with Crippen molar-refractivity contribution < 1.29 is 0 Å². The summed E-state index contributed by atoms with van der Waals surface area (Å²) >= 11 is 0. The van der Waals surface area contributed by atoms with Crippen LogP contribution in [0.1, 0.15) is 0 Å². The molecule has 0 atom stereocenters. The monoisotopic (exact) mass is 890 g/mol. The van der Waals surface area contributed by atoms with E-state index in [1.807, 2.05) is 0 Å². The lowest BCUT2D eigenvalue weighted by Gasteiger charge is -2.30. The molecule has 2 nitrogen and oxygen atoms in total. The fourth-order valence-corrected chi connectivity index (χ4v) is 10.8. The summed E-state index contributed by atoms with van der Waals surface area (Å²) in [4.78, 5) is 2.45. The SMILES string of the molecule is c1ccc(-c2ccccc2N(c2ccc(-c3ccc4c(c3)c(-c3ccccc3)c(-c3ccccc3)c3ccccc34)cc2)c2ccccc2-c2ccc3c(c2)c2ccccc2n3-c2ccccc2)cc1. The van der Waals surface area contributed by atoms with Gasteiger partial charge in [-0.15, -0.1) is 0 Å². The van der Waals surface area contributed by atoms with E-state index in [1.54, 1.807) is 0 Å². The molecule has 0 fully saturated rings. The van der Waals surface area contributed by atoms with Crippen LogP contribution in [0.4, 0.5) is 17.1 Å². The summed E-state index contributed by atoms with van der Waals surface area (Å²) in [5.74, 6) is 0. The number of benzene rings is 12. The molecule has 70 heavy (non-hydrogen) atoms. The van der Waals surface area contributed by atoms with Gasteiger partial charge in [0.05, 0.1) is 22.4 Å². The van der Waals surface area contributed by atoms with Crippen molar-refractivity contribution in [3.8, 4) is 61.3 Å². The van der Waals surface area contributed by atoms with Gasteiger partial charge in [0.2, 0.25) is 0 Å². The van der Waals surface area contributed by atoms with Crippen LogP contribution < -0.4 is 4.90 Å². The number of anilines is 3. The second-order valence-corrected chi connectivity index (χ2v) is 18.0. The largest absolute Gasteiger partial charge is 0.309 e. The van der Waals surface area contributed by atoms with E-state index in [2.05, 4.69) is 289 Å². The van der Waals surface area contributed by atoms with Crippen molar-refractivity contribution in [2.75, 3.05) is 4.90 Å². The molecular formula is C68H46N2. The summed E-state index contributed by atoms with van der Waals surface area (Å²) in [5, 5.41) is 7.45. The van der Waals surface area contributed by atoms with Gasteiger partial charge in [0.25, 0.3) is 0 Å². The van der Waals surface area contributed by atoms with E-state index in [1.165, 1.54) is 76.7 Å². The highest BCUT2D eigenvalue weighted by atomic mass is 15.1. The Morgan fingerprint density at radius 2 is 0.686 bits per heavy atom. The van der Waals surface area contributed by atoms with Crippen LogP contribution in [-0.4, -0.2) is 4.57 Å². The van der Waals surface area contributed by atoms with Crippen LogP contribution in [-0.2, 0) is 0 Å². The van der Waals surface area contributed by atoms with Gasteiger partial charge in [-0.1, -0.05) is 218 Å². The van der Waals surface area contributed by atoms with E-state index in [-0.39, 0.29) is 0 Å². The first kappa shape index (κ1) is 41.0. The highest BCUT2D eigenvalue weighted by Crippen LogP contribution is 2.48. The fourth-order valence-electron chi connectivity index (χ4n) is 10.8. The van der Waals surface area contributed by atoms with Crippen LogP contribution in [0.25, 0.3) is 105 Å². The maximum Gasteiger partial charge on any atom is 0.0541 e. The summed E-state index contributed by atoms with van der Waals surface area (Å²) in [5.41, 5.74) is 18.7. The van der Waals surface area contributed by atoms with Gasteiger partial charge < -0.3 is 9.47 Å². The fraction of sp³-hybridized carbons (Fsp3) is 0. The van der Waals surface area contributed by atoms with Crippen molar-refractivity contribution >= 4 is 60.4 Å². The smallest absolute Gasteiger partial charge is 0.0541 e. The van der Waals surface area contributed by atoms with Gasteiger partial charge in [-0.05, 0) is 127 Å². The molecule has 0 bridgehead atoms. The molecule has 12 aromatic carbocycles. The van der Waals surface area contributed by atoms with E-state index in [0.29, 0.717) is 0 Å². The first-order valence-electron chi connectivity index (χ1n) is 24.1.